The van der Waals surface area contributed by atoms with E-state index in [2.05, 4.69) is 10.3 Å². The Morgan fingerprint density at radius 2 is 2.24 bits per heavy atom. The first-order chi connectivity index (χ1) is 8.10. The van der Waals surface area contributed by atoms with Gasteiger partial charge in [-0.1, -0.05) is 20.8 Å². The van der Waals surface area contributed by atoms with Crippen molar-refractivity contribution in [3.05, 3.63) is 24.1 Å². The van der Waals surface area contributed by atoms with Gasteiger partial charge in [0.1, 0.15) is 5.52 Å². The standard InChI is InChI=1S/C13H16N2O2/c1-4-12-15-10-7-9(5-6-11(10)17-12)14-13(16)8(2)3/h5-8H,4H2,1-3H3,(H,14,16). The molecule has 0 bridgehead atoms. The van der Waals surface area contributed by atoms with Crippen molar-refractivity contribution in [2.24, 2.45) is 5.92 Å². The minimum absolute atomic E-state index is 0.00330. The summed E-state index contributed by atoms with van der Waals surface area (Å²) in [6.07, 6.45) is 0.766. The van der Waals surface area contributed by atoms with Crippen molar-refractivity contribution in [3.63, 3.8) is 0 Å². The average Bonchev–Trinajstić information content (AvgIpc) is 2.70. The van der Waals surface area contributed by atoms with Gasteiger partial charge in [0.25, 0.3) is 0 Å². The average molecular weight is 232 g/mol. The zero-order valence-corrected chi connectivity index (χ0v) is 10.3. The summed E-state index contributed by atoms with van der Waals surface area (Å²) >= 11 is 0. The molecule has 1 aromatic carbocycles. The van der Waals surface area contributed by atoms with Crippen LogP contribution in [0.15, 0.2) is 22.6 Å². The van der Waals surface area contributed by atoms with Crippen LogP contribution in [0.3, 0.4) is 0 Å². The molecule has 0 atom stereocenters. The van der Waals surface area contributed by atoms with E-state index in [0.717, 1.165) is 23.2 Å². The number of hydrogen-bond acceptors (Lipinski definition) is 3. The Hall–Kier alpha value is -1.84. The highest BCUT2D eigenvalue weighted by atomic mass is 16.3. The van der Waals surface area contributed by atoms with Gasteiger partial charge in [-0.2, -0.15) is 0 Å². The lowest BCUT2D eigenvalue weighted by Crippen LogP contribution is -2.17. The van der Waals surface area contributed by atoms with Gasteiger partial charge in [-0.05, 0) is 18.2 Å². The number of nitrogens with zero attached hydrogens (tertiary/aromatic N) is 1. The summed E-state index contributed by atoms with van der Waals surface area (Å²) in [5, 5.41) is 2.84. The molecule has 0 unspecified atom stereocenters. The zero-order valence-electron chi connectivity index (χ0n) is 10.3. The molecule has 1 aromatic heterocycles. The number of amides is 1. The molecule has 90 valence electrons. The number of fused-ring (bicyclic) bond motifs is 1. The van der Waals surface area contributed by atoms with Crippen LogP contribution in [0.5, 0.6) is 0 Å². The number of anilines is 1. The summed E-state index contributed by atoms with van der Waals surface area (Å²) in [7, 11) is 0. The van der Waals surface area contributed by atoms with Crippen molar-refractivity contribution >= 4 is 22.7 Å². The molecule has 4 heteroatoms. The van der Waals surface area contributed by atoms with Gasteiger partial charge < -0.3 is 9.73 Å². The minimum Gasteiger partial charge on any atom is -0.441 e. The molecule has 0 spiro atoms. The summed E-state index contributed by atoms with van der Waals surface area (Å²) in [5.41, 5.74) is 2.29. The van der Waals surface area contributed by atoms with Crippen molar-refractivity contribution in [2.75, 3.05) is 5.32 Å². The van der Waals surface area contributed by atoms with Gasteiger partial charge in [0.15, 0.2) is 11.5 Å². The predicted molar refractivity (Wildman–Crippen MR) is 66.9 cm³/mol. The van der Waals surface area contributed by atoms with Crippen molar-refractivity contribution in [1.29, 1.82) is 0 Å². The number of rotatable bonds is 3. The maximum Gasteiger partial charge on any atom is 0.226 e. The van der Waals surface area contributed by atoms with Crippen molar-refractivity contribution in [3.8, 4) is 0 Å². The Morgan fingerprint density at radius 3 is 2.88 bits per heavy atom. The number of oxazole rings is 1. The van der Waals surface area contributed by atoms with Crippen LogP contribution in [0.25, 0.3) is 11.1 Å². The molecule has 1 N–H and O–H groups in total. The van der Waals surface area contributed by atoms with Crippen molar-refractivity contribution < 1.29 is 9.21 Å². The molecule has 0 saturated heterocycles. The van der Waals surface area contributed by atoms with Crippen LogP contribution in [0.1, 0.15) is 26.7 Å². The van der Waals surface area contributed by atoms with Crippen LogP contribution in [0.2, 0.25) is 0 Å². The third kappa shape index (κ3) is 2.46. The predicted octanol–water partition coefficient (Wildman–Crippen LogP) is 2.98. The summed E-state index contributed by atoms with van der Waals surface area (Å²) in [5.74, 6) is 0.685. The third-order valence-electron chi connectivity index (χ3n) is 2.53. The third-order valence-corrected chi connectivity index (χ3v) is 2.53. The quantitative estimate of drug-likeness (QED) is 0.885. The lowest BCUT2D eigenvalue weighted by atomic mass is 10.2. The molecule has 2 aromatic rings. The number of hydrogen-bond donors (Lipinski definition) is 1. The fraction of sp³-hybridized carbons (Fsp3) is 0.385. The summed E-state index contributed by atoms with van der Waals surface area (Å²) in [6.45, 7) is 5.71. The largest absolute Gasteiger partial charge is 0.441 e. The highest BCUT2D eigenvalue weighted by molar-refractivity contribution is 5.93. The second-order valence-electron chi connectivity index (χ2n) is 4.29. The molecule has 1 amide bonds. The van der Waals surface area contributed by atoms with Gasteiger partial charge in [-0.15, -0.1) is 0 Å². The smallest absolute Gasteiger partial charge is 0.226 e. The molecule has 1 heterocycles. The normalized spacial score (nSPS) is 11.1. The Bertz CT molecular complexity index is 543. The SMILES string of the molecule is CCc1nc2cc(NC(=O)C(C)C)ccc2o1. The topological polar surface area (TPSA) is 55.1 Å². The molecule has 0 aliphatic carbocycles. The number of carbonyl (C=O) groups is 1. The van der Waals surface area contributed by atoms with Gasteiger partial charge in [0.2, 0.25) is 5.91 Å². The van der Waals surface area contributed by atoms with E-state index >= 15 is 0 Å². The maximum atomic E-state index is 11.6. The van der Waals surface area contributed by atoms with Crippen LogP contribution in [0.4, 0.5) is 5.69 Å². The number of nitrogens with one attached hydrogen (secondary N) is 1. The van der Waals surface area contributed by atoms with E-state index in [1.807, 2.05) is 39.0 Å². The first-order valence-electron chi connectivity index (χ1n) is 5.80. The van der Waals surface area contributed by atoms with Gasteiger partial charge >= 0.3 is 0 Å². The van der Waals surface area contributed by atoms with E-state index in [0.29, 0.717) is 5.89 Å². The minimum atomic E-state index is -0.0331. The highest BCUT2D eigenvalue weighted by Crippen LogP contribution is 2.20. The van der Waals surface area contributed by atoms with Crippen molar-refractivity contribution in [2.45, 2.75) is 27.2 Å². The molecule has 17 heavy (non-hydrogen) atoms. The van der Waals surface area contributed by atoms with Crippen LogP contribution in [0, 0.1) is 5.92 Å². The van der Waals surface area contributed by atoms with E-state index in [-0.39, 0.29) is 11.8 Å². The molecule has 0 fully saturated rings. The van der Waals surface area contributed by atoms with Gasteiger partial charge in [-0.25, -0.2) is 4.98 Å². The Balaban J connectivity index is 2.28. The van der Waals surface area contributed by atoms with Gasteiger partial charge in [0.05, 0.1) is 0 Å². The maximum absolute atomic E-state index is 11.6. The highest BCUT2D eigenvalue weighted by Gasteiger charge is 2.09. The van der Waals surface area contributed by atoms with E-state index in [4.69, 9.17) is 4.42 Å². The van der Waals surface area contributed by atoms with E-state index in [1.165, 1.54) is 0 Å². The van der Waals surface area contributed by atoms with Gasteiger partial charge in [0, 0.05) is 18.0 Å². The van der Waals surface area contributed by atoms with Gasteiger partial charge in [-0.3, -0.25) is 4.79 Å². The molecule has 2 rings (SSSR count). The lowest BCUT2D eigenvalue weighted by Gasteiger charge is -2.06. The van der Waals surface area contributed by atoms with Crippen LogP contribution < -0.4 is 5.32 Å². The number of aryl methyl sites for hydroxylation is 1. The number of carbonyl (C=O) groups excluding carboxylic acids is 1. The lowest BCUT2D eigenvalue weighted by molar-refractivity contribution is -0.118. The summed E-state index contributed by atoms with van der Waals surface area (Å²) in [6, 6.07) is 5.49. The number of benzene rings is 1. The summed E-state index contributed by atoms with van der Waals surface area (Å²) in [4.78, 5) is 15.9. The molecule has 0 aliphatic rings. The molecule has 4 nitrogen and oxygen atoms in total. The molecular weight excluding hydrogens is 216 g/mol. The first-order valence-corrected chi connectivity index (χ1v) is 5.80. The number of aromatic nitrogens is 1. The van der Waals surface area contributed by atoms with Crippen molar-refractivity contribution in [1.82, 2.24) is 4.98 Å². The van der Waals surface area contributed by atoms with E-state index < -0.39 is 0 Å². The molecule has 0 saturated carbocycles. The second-order valence-corrected chi connectivity index (χ2v) is 4.29. The summed E-state index contributed by atoms with van der Waals surface area (Å²) < 4.78 is 5.50. The second kappa shape index (κ2) is 4.57. The monoisotopic (exact) mass is 232 g/mol. The molecule has 0 radical (unpaired) electrons. The first kappa shape index (κ1) is 11.6. The zero-order chi connectivity index (χ0) is 12.4. The van der Waals surface area contributed by atoms with E-state index in [1.54, 1.807) is 0 Å². The fourth-order valence-electron chi connectivity index (χ4n) is 1.49. The fourth-order valence-corrected chi connectivity index (χ4v) is 1.49. The van der Waals surface area contributed by atoms with E-state index in [9.17, 15) is 4.79 Å². The Morgan fingerprint density at radius 1 is 1.47 bits per heavy atom. The van der Waals surface area contributed by atoms with Crippen LogP contribution >= 0.6 is 0 Å². The Labute approximate surface area is 100 Å². The molecular formula is C13H16N2O2. The molecule has 0 aliphatic heterocycles. The van der Waals surface area contributed by atoms with Crippen LogP contribution in [-0.2, 0) is 11.2 Å². The van der Waals surface area contributed by atoms with Crippen LogP contribution in [-0.4, -0.2) is 10.9 Å². The Kier molecular flexibility index (Phi) is 3.13.